The lowest BCUT2D eigenvalue weighted by Crippen LogP contribution is -2.61. The molecule has 2 aliphatic rings. The Balaban J connectivity index is 1.78. The minimum Gasteiger partial charge on any atom is -0.462 e. The van der Waals surface area contributed by atoms with E-state index in [-0.39, 0.29) is 26.1 Å². The Bertz CT molecular complexity index is 1360. The normalized spacial score (nSPS) is 25.6. The van der Waals surface area contributed by atoms with Crippen molar-refractivity contribution >= 4 is 11.9 Å². The van der Waals surface area contributed by atoms with Crippen LogP contribution in [0.15, 0.2) is 36.5 Å². The molecule has 2 aliphatic heterocycles. The highest BCUT2D eigenvalue weighted by molar-refractivity contribution is 5.70. The molecule has 0 aromatic rings. The molecule has 0 aromatic carbocycles. The lowest BCUT2D eigenvalue weighted by atomic mass is 9.98. The van der Waals surface area contributed by atoms with Crippen molar-refractivity contribution in [3.8, 4) is 0 Å². The van der Waals surface area contributed by atoms with E-state index in [1.807, 2.05) is 0 Å². The number of hydrogen-bond donors (Lipinski definition) is 7. The molecule has 0 spiro atoms. The highest BCUT2D eigenvalue weighted by atomic mass is 16.7. The van der Waals surface area contributed by atoms with E-state index >= 15 is 0 Å². The summed E-state index contributed by atoms with van der Waals surface area (Å²) in [5.74, 6) is -0.927. The van der Waals surface area contributed by atoms with Crippen LogP contribution in [0.2, 0.25) is 0 Å². The number of rotatable bonds is 43. The summed E-state index contributed by atoms with van der Waals surface area (Å²) in [6.45, 7) is 2.55. The molecular formula is C55H98O15. The van der Waals surface area contributed by atoms with Crippen LogP contribution >= 0.6 is 0 Å². The summed E-state index contributed by atoms with van der Waals surface area (Å²) in [5.41, 5.74) is 0. The second-order valence-corrected chi connectivity index (χ2v) is 19.4. The van der Waals surface area contributed by atoms with Gasteiger partial charge < -0.3 is 64.2 Å². The van der Waals surface area contributed by atoms with Gasteiger partial charge in [-0.2, -0.15) is 0 Å². The van der Waals surface area contributed by atoms with E-state index < -0.39 is 92.7 Å². The summed E-state index contributed by atoms with van der Waals surface area (Å²) in [6.07, 6.45) is 28.7. The molecular weight excluding hydrogens is 901 g/mol. The molecule has 408 valence electrons. The Hall–Kier alpha value is -2.28. The predicted molar refractivity (Wildman–Crippen MR) is 270 cm³/mol. The standard InChI is InChI=1S/C55H98O15/c1-3-5-7-9-11-13-15-17-19-20-21-22-24-26-28-30-32-34-36-38-47(58)68-43(40-65-46(57)37-35-33-31-29-27-25-23-18-16-14-12-10-8-6-4-2)41-66-54-53(64)51(62)49(60)45(70-54)42-67-55-52(63)50(61)48(59)44(39-56)69-55/h10-13,17,19,43-45,48-56,59-64H,3-9,14-16,18,20-42H2,1-2H3/b12-10+,13-11+,19-17+/t43-,44+,45+,48-,49-,50?,51?,52?,53?,54+,55+/m1/s1. The number of aliphatic hydroxyl groups is 7. The van der Waals surface area contributed by atoms with Gasteiger partial charge in [0.25, 0.3) is 0 Å². The van der Waals surface area contributed by atoms with Crippen molar-refractivity contribution in [1.29, 1.82) is 0 Å². The third-order valence-electron chi connectivity index (χ3n) is 13.1. The first-order chi connectivity index (χ1) is 34.0. The van der Waals surface area contributed by atoms with E-state index in [2.05, 4.69) is 50.3 Å². The van der Waals surface area contributed by atoms with Gasteiger partial charge in [0.15, 0.2) is 18.7 Å². The molecule has 11 atom stereocenters. The Morgan fingerprint density at radius 2 is 0.871 bits per heavy atom. The molecule has 15 heteroatoms. The average Bonchev–Trinajstić information content (AvgIpc) is 3.35. The molecule has 0 aromatic heterocycles. The monoisotopic (exact) mass is 999 g/mol. The molecule has 7 N–H and O–H groups in total. The average molecular weight is 999 g/mol. The van der Waals surface area contributed by atoms with Crippen LogP contribution < -0.4 is 0 Å². The minimum absolute atomic E-state index is 0.161. The first-order valence-corrected chi connectivity index (χ1v) is 27.6. The van der Waals surface area contributed by atoms with Crippen molar-refractivity contribution < 1.29 is 73.8 Å². The highest BCUT2D eigenvalue weighted by Crippen LogP contribution is 2.26. The fourth-order valence-electron chi connectivity index (χ4n) is 8.52. The lowest BCUT2D eigenvalue weighted by molar-refractivity contribution is -0.332. The van der Waals surface area contributed by atoms with Crippen molar-refractivity contribution in [3.63, 3.8) is 0 Å². The summed E-state index contributed by atoms with van der Waals surface area (Å²) in [6, 6.07) is 0. The van der Waals surface area contributed by atoms with Crippen LogP contribution in [0.4, 0.5) is 0 Å². The van der Waals surface area contributed by atoms with Crippen LogP contribution in [-0.2, 0) is 38.0 Å². The topological polar surface area (TPSA) is 231 Å². The van der Waals surface area contributed by atoms with Gasteiger partial charge in [-0.1, -0.05) is 166 Å². The van der Waals surface area contributed by atoms with Crippen LogP contribution in [0.25, 0.3) is 0 Å². The number of carbonyl (C=O) groups is 2. The first kappa shape index (κ1) is 63.8. The van der Waals surface area contributed by atoms with Crippen molar-refractivity contribution in [2.45, 2.75) is 274 Å². The molecule has 2 rings (SSSR count). The molecule has 70 heavy (non-hydrogen) atoms. The number of unbranched alkanes of at least 4 members (excludes halogenated alkanes) is 23. The van der Waals surface area contributed by atoms with Crippen LogP contribution in [0.3, 0.4) is 0 Å². The largest absolute Gasteiger partial charge is 0.462 e. The van der Waals surface area contributed by atoms with Gasteiger partial charge in [-0.25, -0.2) is 0 Å². The van der Waals surface area contributed by atoms with Crippen molar-refractivity contribution in [1.82, 2.24) is 0 Å². The van der Waals surface area contributed by atoms with E-state index in [1.165, 1.54) is 103 Å². The maximum absolute atomic E-state index is 13.0. The Morgan fingerprint density at radius 3 is 1.39 bits per heavy atom. The van der Waals surface area contributed by atoms with Gasteiger partial charge in [0, 0.05) is 12.8 Å². The van der Waals surface area contributed by atoms with Gasteiger partial charge in [0.2, 0.25) is 0 Å². The third kappa shape index (κ3) is 29.4. The SMILES string of the molecule is CCCC/C=C/CCCCCCCCCCCC(=O)OC[C@H](CO[C@H]1O[C@@H](CO[C@H]2O[C@@H](CO)[C@@H](O)C(O)C2O)[C@@H](O)C(O)C1O)OC(=O)CCCCCCCCCCC/C=C/C/C=C/CCCCC. The van der Waals surface area contributed by atoms with Crippen LogP contribution in [0, 0.1) is 0 Å². The van der Waals surface area contributed by atoms with Crippen LogP contribution in [-0.4, -0.2) is 142 Å². The predicted octanol–water partition coefficient (Wildman–Crippen LogP) is 8.49. The maximum Gasteiger partial charge on any atom is 0.306 e. The van der Waals surface area contributed by atoms with Crippen molar-refractivity contribution in [2.75, 3.05) is 26.4 Å². The molecule has 0 saturated carbocycles. The Labute approximate surface area is 421 Å². The van der Waals surface area contributed by atoms with E-state index in [1.54, 1.807) is 0 Å². The summed E-state index contributed by atoms with van der Waals surface area (Å²) in [7, 11) is 0. The fraction of sp³-hybridized carbons (Fsp3) is 0.855. The number of esters is 2. The number of aliphatic hydroxyl groups excluding tert-OH is 7. The maximum atomic E-state index is 13.0. The zero-order valence-corrected chi connectivity index (χ0v) is 43.3. The summed E-state index contributed by atoms with van der Waals surface area (Å²) in [4.78, 5) is 25.8. The third-order valence-corrected chi connectivity index (χ3v) is 13.1. The van der Waals surface area contributed by atoms with E-state index in [4.69, 9.17) is 28.4 Å². The lowest BCUT2D eigenvalue weighted by Gasteiger charge is -2.42. The Kier molecular flexibility index (Phi) is 38.4. The molecule has 0 aliphatic carbocycles. The zero-order chi connectivity index (χ0) is 51.0. The quantitative estimate of drug-likeness (QED) is 0.0173. The summed E-state index contributed by atoms with van der Waals surface area (Å²) in [5, 5.41) is 72.2. The van der Waals surface area contributed by atoms with Gasteiger partial charge in [-0.3, -0.25) is 9.59 Å². The molecule has 0 amide bonds. The molecule has 2 heterocycles. The molecule has 0 bridgehead atoms. The van der Waals surface area contributed by atoms with Crippen molar-refractivity contribution in [2.24, 2.45) is 0 Å². The van der Waals surface area contributed by atoms with E-state index in [0.717, 1.165) is 64.2 Å². The van der Waals surface area contributed by atoms with Crippen LogP contribution in [0.5, 0.6) is 0 Å². The highest BCUT2D eigenvalue weighted by Gasteiger charge is 2.47. The minimum atomic E-state index is -1.77. The second kappa shape index (κ2) is 42.1. The molecule has 15 nitrogen and oxygen atoms in total. The summed E-state index contributed by atoms with van der Waals surface area (Å²) < 4.78 is 33.6. The number of ether oxygens (including phenoxy) is 6. The molecule has 2 saturated heterocycles. The van der Waals surface area contributed by atoms with Crippen LogP contribution in [0.1, 0.15) is 206 Å². The van der Waals surface area contributed by atoms with E-state index in [9.17, 15) is 45.3 Å². The number of carbonyl (C=O) groups excluding carboxylic acids is 2. The smallest absolute Gasteiger partial charge is 0.306 e. The first-order valence-electron chi connectivity index (χ1n) is 27.6. The molecule has 4 unspecified atom stereocenters. The van der Waals surface area contributed by atoms with Gasteiger partial charge in [-0.15, -0.1) is 0 Å². The number of hydrogen-bond acceptors (Lipinski definition) is 15. The zero-order valence-electron chi connectivity index (χ0n) is 43.3. The van der Waals surface area contributed by atoms with Gasteiger partial charge in [-0.05, 0) is 64.2 Å². The fourth-order valence-corrected chi connectivity index (χ4v) is 8.52. The Morgan fingerprint density at radius 1 is 0.457 bits per heavy atom. The van der Waals surface area contributed by atoms with Gasteiger partial charge >= 0.3 is 11.9 Å². The van der Waals surface area contributed by atoms with Gasteiger partial charge in [0.05, 0.1) is 19.8 Å². The number of allylic oxidation sites excluding steroid dienone is 6. The van der Waals surface area contributed by atoms with Gasteiger partial charge in [0.1, 0.15) is 55.4 Å². The van der Waals surface area contributed by atoms with E-state index in [0.29, 0.717) is 12.8 Å². The second-order valence-electron chi connectivity index (χ2n) is 19.4. The van der Waals surface area contributed by atoms with Crippen molar-refractivity contribution in [3.05, 3.63) is 36.5 Å². The molecule has 0 radical (unpaired) electrons. The summed E-state index contributed by atoms with van der Waals surface area (Å²) >= 11 is 0. The molecule has 2 fully saturated rings.